The number of nitrogens with zero attached hydrogens (tertiary/aromatic N) is 1. The zero-order chi connectivity index (χ0) is 11.1. The van der Waals surface area contributed by atoms with Crippen molar-refractivity contribution in [3.05, 3.63) is 30.1 Å². The number of aliphatic hydroxyl groups is 1. The summed E-state index contributed by atoms with van der Waals surface area (Å²) in [6.45, 7) is 4.80. The molecule has 84 valence electrons. The minimum atomic E-state index is -0.242. The maximum atomic E-state index is 9.57. The minimum absolute atomic E-state index is 0.241. The molecule has 1 aromatic heterocycles. The molecule has 0 aliphatic heterocycles. The Balaban J connectivity index is 2.33. The summed E-state index contributed by atoms with van der Waals surface area (Å²) in [7, 11) is 0. The molecule has 0 saturated heterocycles. The molecule has 0 saturated carbocycles. The lowest BCUT2D eigenvalue weighted by molar-refractivity contribution is 0.157. The van der Waals surface area contributed by atoms with Crippen molar-refractivity contribution < 1.29 is 5.11 Å². The predicted molar refractivity (Wildman–Crippen MR) is 61.6 cm³/mol. The fourth-order valence-electron chi connectivity index (χ4n) is 1.50. The zero-order valence-corrected chi connectivity index (χ0v) is 9.48. The second kappa shape index (κ2) is 6.53. The number of pyridine rings is 1. The highest BCUT2D eigenvalue weighted by Gasteiger charge is 2.07. The molecule has 3 heteroatoms. The van der Waals surface area contributed by atoms with Crippen LogP contribution in [0, 0.1) is 0 Å². The Hall–Kier alpha value is -0.930. The van der Waals surface area contributed by atoms with Gasteiger partial charge in [0.1, 0.15) is 0 Å². The van der Waals surface area contributed by atoms with Crippen LogP contribution in [0.15, 0.2) is 24.5 Å². The third-order valence-corrected chi connectivity index (χ3v) is 2.47. The molecule has 0 aliphatic rings. The molecular weight excluding hydrogens is 188 g/mol. The average Bonchev–Trinajstić information content (AvgIpc) is 2.27. The van der Waals surface area contributed by atoms with E-state index in [1.54, 1.807) is 6.20 Å². The Bertz CT molecular complexity index is 264. The van der Waals surface area contributed by atoms with E-state index in [2.05, 4.69) is 24.1 Å². The van der Waals surface area contributed by atoms with E-state index in [0.717, 1.165) is 18.4 Å². The van der Waals surface area contributed by atoms with Gasteiger partial charge in [-0.2, -0.15) is 0 Å². The van der Waals surface area contributed by atoms with E-state index in [1.165, 1.54) is 0 Å². The third-order valence-electron chi connectivity index (χ3n) is 2.47. The van der Waals surface area contributed by atoms with Gasteiger partial charge in [0.2, 0.25) is 0 Å². The molecule has 2 unspecified atom stereocenters. The van der Waals surface area contributed by atoms with Crippen molar-refractivity contribution in [3.63, 3.8) is 0 Å². The summed E-state index contributed by atoms with van der Waals surface area (Å²) in [6, 6.07) is 4.21. The van der Waals surface area contributed by atoms with Crippen LogP contribution in [0.3, 0.4) is 0 Å². The Morgan fingerprint density at radius 3 is 2.93 bits per heavy atom. The monoisotopic (exact) mass is 208 g/mol. The van der Waals surface area contributed by atoms with Gasteiger partial charge in [0.05, 0.1) is 6.10 Å². The fourth-order valence-corrected chi connectivity index (χ4v) is 1.50. The molecule has 0 spiro atoms. The molecule has 0 radical (unpaired) electrons. The highest BCUT2D eigenvalue weighted by atomic mass is 16.3. The molecular formula is C12H20N2O. The third kappa shape index (κ3) is 4.40. The SMILES string of the molecule is CCCC(O)CNC(C)c1cccnc1. The maximum Gasteiger partial charge on any atom is 0.0664 e. The van der Waals surface area contributed by atoms with Gasteiger partial charge in [-0.25, -0.2) is 0 Å². The lowest BCUT2D eigenvalue weighted by Crippen LogP contribution is -2.28. The molecule has 1 aromatic rings. The first-order valence-electron chi connectivity index (χ1n) is 5.55. The average molecular weight is 208 g/mol. The van der Waals surface area contributed by atoms with Gasteiger partial charge in [0.25, 0.3) is 0 Å². The van der Waals surface area contributed by atoms with Gasteiger partial charge in [-0.05, 0) is 25.0 Å². The molecule has 2 N–H and O–H groups in total. The summed E-state index contributed by atoms with van der Waals surface area (Å²) in [6.07, 6.45) is 5.25. The van der Waals surface area contributed by atoms with Crippen LogP contribution in [0.25, 0.3) is 0 Å². The van der Waals surface area contributed by atoms with Gasteiger partial charge >= 0.3 is 0 Å². The second-order valence-corrected chi connectivity index (χ2v) is 3.86. The topological polar surface area (TPSA) is 45.1 Å². The maximum absolute atomic E-state index is 9.57. The first-order valence-corrected chi connectivity index (χ1v) is 5.55. The van der Waals surface area contributed by atoms with Crippen molar-refractivity contribution in [2.75, 3.05) is 6.54 Å². The largest absolute Gasteiger partial charge is 0.392 e. The van der Waals surface area contributed by atoms with Gasteiger partial charge in [0, 0.05) is 25.0 Å². The van der Waals surface area contributed by atoms with E-state index in [0.29, 0.717) is 6.54 Å². The second-order valence-electron chi connectivity index (χ2n) is 3.86. The molecule has 0 bridgehead atoms. The summed E-state index contributed by atoms with van der Waals surface area (Å²) in [5, 5.41) is 12.9. The Kier molecular flexibility index (Phi) is 5.29. The summed E-state index contributed by atoms with van der Waals surface area (Å²) in [5.41, 5.74) is 1.15. The number of nitrogens with one attached hydrogen (secondary N) is 1. The van der Waals surface area contributed by atoms with Crippen molar-refractivity contribution in [2.45, 2.75) is 38.8 Å². The van der Waals surface area contributed by atoms with Gasteiger partial charge in [-0.15, -0.1) is 0 Å². The summed E-state index contributed by atoms with van der Waals surface area (Å²) >= 11 is 0. The van der Waals surface area contributed by atoms with Gasteiger partial charge in [-0.1, -0.05) is 19.4 Å². The van der Waals surface area contributed by atoms with Crippen LogP contribution in [0.2, 0.25) is 0 Å². The molecule has 2 atom stereocenters. The van der Waals surface area contributed by atoms with E-state index in [9.17, 15) is 5.11 Å². The summed E-state index contributed by atoms with van der Waals surface area (Å²) < 4.78 is 0. The van der Waals surface area contributed by atoms with Crippen LogP contribution >= 0.6 is 0 Å². The molecule has 0 aromatic carbocycles. The van der Waals surface area contributed by atoms with Crippen LogP contribution in [0.4, 0.5) is 0 Å². The molecule has 15 heavy (non-hydrogen) atoms. The van der Waals surface area contributed by atoms with E-state index in [4.69, 9.17) is 0 Å². The van der Waals surface area contributed by atoms with Gasteiger partial charge < -0.3 is 10.4 Å². The number of aliphatic hydroxyl groups excluding tert-OH is 1. The summed E-state index contributed by atoms with van der Waals surface area (Å²) in [4.78, 5) is 4.07. The standard InChI is InChI=1S/C12H20N2O/c1-3-5-12(15)9-14-10(2)11-6-4-7-13-8-11/h4,6-8,10,12,14-15H,3,5,9H2,1-2H3. The normalized spacial score (nSPS) is 14.9. The molecule has 0 amide bonds. The first-order chi connectivity index (χ1) is 7.24. The van der Waals surface area contributed by atoms with E-state index in [1.807, 2.05) is 18.3 Å². The van der Waals surface area contributed by atoms with Crippen LogP contribution < -0.4 is 5.32 Å². The highest BCUT2D eigenvalue weighted by Crippen LogP contribution is 2.09. The highest BCUT2D eigenvalue weighted by molar-refractivity contribution is 5.12. The number of hydrogen-bond donors (Lipinski definition) is 2. The van der Waals surface area contributed by atoms with E-state index >= 15 is 0 Å². The lowest BCUT2D eigenvalue weighted by atomic mass is 10.1. The van der Waals surface area contributed by atoms with Gasteiger partial charge in [0.15, 0.2) is 0 Å². The Labute approximate surface area is 91.5 Å². The number of aromatic nitrogens is 1. The smallest absolute Gasteiger partial charge is 0.0664 e. The summed E-state index contributed by atoms with van der Waals surface area (Å²) in [5.74, 6) is 0. The van der Waals surface area contributed by atoms with Crippen molar-refractivity contribution >= 4 is 0 Å². The first kappa shape index (κ1) is 12.1. The molecule has 3 nitrogen and oxygen atoms in total. The molecule has 0 aliphatic carbocycles. The number of hydrogen-bond acceptors (Lipinski definition) is 3. The van der Waals surface area contributed by atoms with Crippen LogP contribution in [-0.2, 0) is 0 Å². The van der Waals surface area contributed by atoms with E-state index < -0.39 is 0 Å². The quantitative estimate of drug-likeness (QED) is 0.750. The molecule has 1 rings (SSSR count). The van der Waals surface area contributed by atoms with Crippen molar-refractivity contribution in [1.82, 2.24) is 10.3 Å². The van der Waals surface area contributed by atoms with Crippen molar-refractivity contribution in [2.24, 2.45) is 0 Å². The van der Waals surface area contributed by atoms with Crippen molar-refractivity contribution in [1.29, 1.82) is 0 Å². The molecule has 1 heterocycles. The minimum Gasteiger partial charge on any atom is -0.392 e. The predicted octanol–water partition coefficient (Wildman–Crippen LogP) is 1.89. The van der Waals surface area contributed by atoms with Crippen LogP contribution in [0.1, 0.15) is 38.3 Å². The zero-order valence-electron chi connectivity index (χ0n) is 9.48. The van der Waals surface area contributed by atoms with Crippen LogP contribution in [0.5, 0.6) is 0 Å². The Morgan fingerprint density at radius 1 is 1.53 bits per heavy atom. The lowest BCUT2D eigenvalue weighted by Gasteiger charge is -2.16. The number of rotatable bonds is 6. The van der Waals surface area contributed by atoms with E-state index in [-0.39, 0.29) is 12.1 Å². The fraction of sp³-hybridized carbons (Fsp3) is 0.583. The van der Waals surface area contributed by atoms with Crippen molar-refractivity contribution in [3.8, 4) is 0 Å². The van der Waals surface area contributed by atoms with Crippen LogP contribution in [-0.4, -0.2) is 22.7 Å². The molecule has 0 fully saturated rings. The van der Waals surface area contributed by atoms with Gasteiger partial charge in [-0.3, -0.25) is 4.98 Å². The Morgan fingerprint density at radius 2 is 2.33 bits per heavy atom.